The number of urea groups is 1. The van der Waals surface area contributed by atoms with Crippen molar-refractivity contribution in [2.24, 2.45) is 12.8 Å². The van der Waals surface area contributed by atoms with Gasteiger partial charge in [-0.1, -0.05) is 0 Å². The van der Waals surface area contributed by atoms with Crippen LogP contribution in [0.5, 0.6) is 0 Å². The van der Waals surface area contributed by atoms with Gasteiger partial charge in [0.05, 0.1) is 17.9 Å². The van der Waals surface area contributed by atoms with Gasteiger partial charge in [0, 0.05) is 32.8 Å². The maximum atomic E-state index is 13.8. The number of nitrogens with zero attached hydrogens (tertiary/aromatic N) is 4. The van der Waals surface area contributed by atoms with E-state index in [0.29, 0.717) is 6.54 Å². The number of alkyl halides is 1. The van der Waals surface area contributed by atoms with Gasteiger partial charge < -0.3 is 10.6 Å². The van der Waals surface area contributed by atoms with Crippen molar-refractivity contribution < 1.29 is 17.6 Å². The number of aromatic nitrogens is 2. The Morgan fingerprint density at radius 1 is 1.50 bits per heavy atom. The molecule has 0 bridgehead atoms. The van der Waals surface area contributed by atoms with E-state index in [1.165, 1.54) is 17.1 Å². The Morgan fingerprint density at radius 3 is 2.68 bits per heavy atom. The average Bonchev–Trinajstić information content (AvgIpc) is 2.71. The number of hydrogen-bond donors (Lipinski definition) is 2. The molecule has 1 aromatic rings. The standard InChI is InChI=1S/C11H19FN6O3S/c1-16-5-8(12)3-9(6-16)18(10-4-14-17(2)7-10)22(20,21)15-11(13)19/h4,7-9H,3,5-6H2,1-2H3,(H3,13,15,19)/t8-,9+/m0/s1. The van der Waals surface area contributed by atoms with Crippen molar-refractivity contribution >= 4 is 21.9 Å². The molecule has 1 aliphatic heterocycles. The quantitative estimate of drug-likeness (QED) is 0.747. The molecule has 2 atom stereocenters. The summed E-state index contributed by atoms with van der Waals surface area (Å²) in [7, 11) is -0.917. The molecule has 1 saturated heterocycles. The van der Waals surface area contributed by atoms with E-state index < -0.39 is 28.5 Å². The van der Waals surface area contributed by atoms with Gasteiger partial charge in [-0.15, -0.1) is 0 Å². The number of aryl methyl sites for hydroxylation is 1. The van der Waals surface area contributed by atoms with Crippen LogP contribution in [0.15, 0.2) is 12.4 Å². The van der Waals surface area contributed by atoms with Crippen LogP contribution >= 0.6 is 0 Å². The fourth-order valence-corrected chi connectivity index (χ4v) is 3.90. The Bertz CT molecular complexity index is 638. The van der Waals surface area contributed by atoms with Crippen molar-refractivity contribution in [2.45, 2.75) is 18.6 Å². The highest BCUT2D eigenvalue weighted by Crippen LogP contribution is 2.26. The first-order chi connectivity index (χ1) is 10.2. The van der Waals surface area contributed by atoms with Gasteiger partial charge in [-0.05, 0) is 7.05 Å². The number of likely N-dealkylation sites (N-methyl/N-ethyl adjacent to an activating group) is 1. The molecule has 2 rings (SSSR count). The highest BCUT2D eigenvalue weighted by molar-refractivity contribution is 7.91. The Labute approximate surface area is 128 Å². The first kappa shape index (κ1) is 16.5. The molecule has 0 spiro atoms. The van der Waals surface area contributed by atoms with Crippen LogP contribution < -0.4 is 14.8 Å². The molecule has 0 aliphatic carbocycles. The zero-order valence-corrected chi connectivity index (χ0v) is 13.1. The highest BCUT2D eigenvalue weighted by Gasteiger charge is 2.37. The van der Waals surface area contributed by atoms with E-state index in [0.717, 1.165) is 4.31 Å². The summed E-state index contributed by atoms with van der Waals surface area (Å²) in [6.07, 6.45) is 1.68. The summed E-state index contributed by atoms with van der Waals surface area (Å²) in [5.41, 5.74) is 5.16. The predicted molar refractivity (Wildman–Crippen MR) is 78.1 cm³/mol. The summed E-state index contributed by atoms with van der Waals surface area (Å²) in [4.78, 5) is 12.7. The van der Waals surface area contributed by atoms with Crippen molar-refractivity contribution in [3.63, 3.8) is 0 Å². The normalized spacial score (nSPS) is 23.2. The fraction of sp³-hybridized carbons (Fsp3) is 0.636. The summed E-state index contributed by atoms with van der Waals surface area (Å²) >= 11 is 0. The van der Waals surface area contributed by atoms with Crippen LogP contribution in [0.3, 0.4) is 0 Å². The molecule has 124 valence electrons. The third kappa shape index (κ3) is 3.65. The molecule has 2 heterocycles. The van der Waals surface area contributed by atoms with Crippen molar-refractivity contribution in [3.05, 3.63) is 12.4 Å². The summed E-state index contributed by atoms with van der Waals surface area (Å²) in [6.45, 7) is 0.565. The minimum Gasteiger partial charge on any atom is -0.351 e. The molecule has 0 aromatic carbocycles. The largest absolute Gasteiger partial charge is 0.351 e. The van der Waals surface area contributed by atoms with Gasteiger partial charge in [0.2, 0.25) is 0 Å². The van der Waals surface area contributed by atoms with Crippen molar-refractivity contribution in [2.75, 3.05) is 24.4 Å². The number of likely N-dealkylation sites (tertiary alicyclic amines) is 1. The van der Waals surface area contributed by atoms with Crippen molar-refractivity contribution in [3.8, 4) is 0 Å². The Morgan fingerprint density at radius 2 is 2.18 bits per heavy atom. The molecule has 11 heteroatoms. The number of hydrogen-bond acceptors (Lipinski definition) is 5. The number of nitrogens with one attached hydrogen (secondary N) is 1. The van der Waals surface area contributed by atoms with E-state index in [9.17, 15) is 17.6 Å². The third-order valence-electron chi connectivity index (χ3n) is 3.33. The third-order valence-corrected chi connectivity index (χ3v) is 4.81. The van der Waals surface area contributed by atoms with Crippen LogP contribution in [-0.2, 0) is 17.3 Å². The number of piperidine rings is 1. The smallest absolute Gasteiger partial charge is 0.327 e. The number of amides is 2. The van der Waals surface area contributed by atoms with E-state index in [1.54, 1.807) is 23.7 Å². The Hall–Kier alpha value is -1.88. The SMILES string of the molecule is CN1C[C@@H](F)C[C@@H](N(c2cnn(C)c2)S(=O)(=O)NC(N)=O)C1. The Kier molecular flexibility index (Phi) is 4.56. The van der Waals surface area contributed by atoms with E-state index in [1.807, 2.05) is 0 Å². The van der Waals surface area contributed by atoms with Crippen LogP contribution in [0, 0.1) is 0 Å². The summed E-state index contributed by atoms with van der Waals surface area (Å²) < 4.78 is 42.7. The van der Waals surface area contributed by atoms with E-state index in [-0.39, 0.29) is 18.7 Å². The maximum absolute atomic E-state index is 13.8. The number of nitrogens with two attached hydrogens (primary N) is 1. The molecule has 2 amide bonds. The summed E-state index contributed by atoms with van der Waals surface area (Å²) in [5.74, 6) is 0. The average molecular weight is 334 g/mol. The highest BCUT2D eigenvalue weighted by atomic mass is 32.2. The number of primary amides is 1. The molecular weight excluding hydrogens is 315 g/mol. The van der Waals surface area contributed by atoms with Crippen LogP contribution in [-0.4, -0.2) is 61.5 Å². The van der Waals surface area contributed by atoms with Crippen LogP contribution in [0.1, 0.15) is 6.42 Å². The van der Waals surface area contributed by atoms with Crippen molar-refractivity contribution in [1.82, 2.24) is 19.4 Å². The number of halogens is 1. The maximum Gasteiger partial charge on any atom is 0.327 e. The number of carbonyl (C=O) groups excluding carboxylic acids is 1. The zero-order chi connectivity index (χ0) is 16.5. The predicted octanol–water partition coefficient (Wildman–Crippen LogP) is -0.818. The second-order valence-corrected chi connectivity index (χ2v) is 6.90. The van der Waals surface area contributed by atoms with Gasteiger partial charge in [-0.2, -0.15) is 13.5 Å². The summed E-state index contributed by atoms with van der Waals surface area (Å²) in [5, 5.41) is 3.92. The minimum atomic E-state index is -4.25. The molecule has 1 aromatic heterocycles. The van der Waals surface area contributed by atoms with Gasteiger partial charge in [0.25, 0.3) is 0 Å². The molecule has 1 aliphatic rings. The van der Waals surface area contributed by atoms with E-state index >= 15 is 0 Å². The second-order valence-electron chi connectivity index (χ2n) is 5.35. The van der Waals surface area contributed by atoms with Gasteiger partial charge in [-0.25, -0.2) is 18.2 Å². The van der Waals surface area contributed by atoms with E-state index in [4.69, 9.17) is 5.73 Å². The number of carbonyl (C=O) groups is 1. The number of rotatable bonds is 4. The first-order valence-electron chi connectivity index (χ1n) is 6.62. The molecule has 9 nitrogen and oxygen atoms in total. The molecule has 0 saturated carbocycles. The monoisotopic (exact) mass is 334 g/mol. The molecule has 1 fully saturated rings. The lowest BCUT2D eigenvalue weighted by Crippen LogP contribution is -2.56. The van der Waals surface area contributed by atoms with Crippen LogP contribution in [0.2, 0.25) is 0 Å². The van der Waals surface area contributed by atoms with Gasteiger partial charge in [0.15, 0.2) is 0 Å². The molecular formula is C11H19FN6O3S. The zero-order valence-electron chi connectivity index (χ0n) is 12.3. The first-order valence-corrected chi connectivity index (χ1v) is 8.06. The van der Waals surface area contributed by atoms with E-state index in [2.05, 4.69) is 5.10 Å². The second kappa shape index (κ2) is 6.08. The minimum absolute atomic E-state index is 0.0267. The Balaban J connectivity index is 2.39. The summed E-state index contributed by atoms with van der Waals surface area (Å²) in [6, 6.07) is -1.87. The lowest BCUT2D eigenvalue weighted by atomic mass is 10.0. The molecule has 22 heavy (non-hydrogen) atoms. The van der Waals surface area contributed by atoms with Gasteiger partial charge in [-0.3, -0.25) is 4.68 Å². The van der Waals surface area contributed by atoms with Crippen LogP contribution in [0.4, 0.5) is 14.9 Å². The van der Waals surface area contributed by atoms with Gasteiger partial charge in [0.1, 0.15) is 6.17 Å². The van der Waals surface area contributed by atoms with Gasteiger partial charge >= 0.3 is 16.2 Å². The topological polar surface area (TPSA) is 114 Å². The molecule has 0 radical (unpaired) electrons. The lowest BCUT2D eigenvalue weighted by Gasteiger charge is -2.38. The number of anilines is 1. The van der Waals surface area contributed by atoms with Crippen molar-refractivity contribution in [1.29, 1.82) is 0 Å². The molecule has 0 unspecified atom stereocenters. The lowest BCUT2D eigenvalue weighted by molar-refractivity contribution is 0.148. The fourth-order valence-electron chi connectivity index (χ4n) is 2.63. The molecule has 3 N–H and O–H groups in total. The van der Waals surface area contributed by atoms with Crippen LogP contribution in [0.25, 0.3) is 0 Å².